The molecule has 1 amide bonds. The fourth-order valence-corrected chi connectivity index (χ4v) is 2.74. The van der Waals surface area contributed by atoms with Crippen LogP contribution in [0.5, 0.6) is 0 Å². The second kappa shape index (κ2) is 8.87. The van der Waals surface area contributed by atoms with Crippen molar-refractivity contribution in [3.63, 3.8) is 0 Å². The summed E-state index contributed by atoms with van der Waals surface area (Å²) in [6, 6.07) is -0.316. The van der Waals surface area contributed by atoms with Crippen molar-refractivity contribution in [2.45, 2.75) is 58.0 Å². The number of hydrogen-bond donors (Lipinski definition) is 0. The first-order valence-corrected chi connectivity index (χ1v) is 9.55. The van der Waals surface area contributed by atoms with Crippen LogP contribution in [0.2, 0.25) is 0 Å². The number of sulfone groups is 1. The Morgan fingerprint density at radius 1 is 1.14 bits per heavy atom. The molecule has 1 heterocycles. The molecule has 0 aliphatic rings. The lowest BCUT2D eigenvalue weighted by Gasteiger charge is -2.21. The Balaban J connectivity index is 2.77. The van der Waals surface area contributed by atoms with Gasteiger partial charge in [-0.25, -0.2) is 18.2 Å². The minimum atomic E-state index is -3.49. The monoisotopic (exact) mass is 330 g/mol. The molecular formula is C14H26N4O3S. The standard InChI is InChI=1S/C14H26N4O3S/c1-4-7-8-9-11-17(10-5-2)14(19)18-12-15-13(16-18)22(20,21)6-3/h12H,4-11H2,1-3H3. The van der Waals surface area contributed by atoms with Gasteiger partial charge in [-0.3, -0.25) is 0 Å². The number of unbranched alkanes of at least 4 members (excludes halogenated alkanes) is 3. The first kappa shape index (κ1) is 18.6. The maximum atomic E-state index is 12.4. The van der Waals surface area contributed by atoms with Crippen molar-refractivity contribution >= 4 is 15.9 Å². The Kier molecular flexibility index (Phi) is 7.50. The summed E-state index contributed by atoms with van der Waals surface area (Å²) in [7, 11) is -3.49. The molecule has 0 atom stereocenters. The molecule has 0 spiro atoms. The highest BCUT2D eigenvalue weighted by atomic mass is 32.2. The zero-order chi connectivity index (χ0) is 16.6. The first-order chi connectivity index (χ1) is 10.5. The van der Waals surface area contributed by atoms with E-state index in [1.54, 1.807) is 4.90 Å². The van der Waals surface area contributed by atoms with Gasteiger partial charge in [-0.1, -0.05) is 40.0 Å². The van der Waals surface area contributed by atoms with Crippen LogP contribution < -0.4 is 0 Å². The van der Waals surface area contributed by atoms with Crippen molar-refractivity contribution < 1.29 is 13.2 Å². The first-order valence-electron chi connectivity index (χ1n) is 7.89. The summed E-state index contributed by atoms with van der Waals surface area (Å²) in [5.41, 5.74) is 0. The minimum Gasteiger partial charge on any atom is -0.323 e. The molecule has 0 unspecified atom stereocenters. The summed E-state index contributed by atoms with van der Waals surface area (Å²) < 4.78 is 24.5. The van der Waals surface area contributed by atoms with Gasteiger partial charge in [0.2, 0.25) is 9.84 Å². The third-order valence-electron chi connectivity index (χ3n) is 3.37. The van der Waals surface area contributed by atoms with Crippen molar-refractivity contribution in [1.29, 1.82) is 0 Å². The SMILES string of the molecule is CCCCCCN(CCC)C(=O)n1cnc(S(=O)(=O)CC)n1. The second-order valence-corrected chi connectivity index (χ2v) is 7.38. The molecule has 0 fully saturated rings. The number of nitrogens with zero attached hydrogens (tertiary/aromatic N) is 4. The molecule has 0 radical (unpaired) electrons. The normalized spacial score (nSPS) is 11.6. The second-order valence-electron chi connectivity index (χ2n) is 5.21. The lowest BCUT2D eigenvalue weighted by Crippen LogP contribution is -2.36. The molecular weight excluding hydrogens is 304 g/mol. The van der Waals surface area contributed by atoms with E-state index in [0.717, 1.165) is 36.8 Å². The fraction of sp³-hybridized carbons (Fsp3) is 0.786. The third-order valence-corrected chi connectivity index (χ3v) is 4.87. The number of aromatic nitrogens is 3. The van der Waals surface area contributed by atoms with Crippen molar-refractivity contribution in [2.75, 3.05) is 18.8 Å². The van der Waals surface area contributed by atoms with Crippen molar-refractivity contribution in [1.82, 2.24) is 19.7 Å². The molecule has 7 nitrogen and oxygen atoms in total. The van der Waals surface area contributed by atoms with E-state index in [0.29, 0.717) is 13.1 Å². The van der Waals surface area contributed by atoms with E-state index in [2.05, 4.69) is 17.0 Å². The molecule has 0 N–H and O–H groups in total. The predicted molar refractivity (Wildman–Crippen MR) is 84.5 cm³/mol. The van der Waals surface area contributed by atoms with E-state index < -0.39 is 9.84 Å². The molecule has 22 heavy (non-hydrogen) atoms. The molecule has 0 aromatic carbocycles. The van der Waals surface area contributed by atoms with Gasteiger partial charge in [-0.05, 0) is 12.8 Å². The van der Waals surface area contributed by atoms with Gasteiger partial charge in [0.25, 0.3) is 5.16 Å². The fourth-order valence-electron chi connectivity index (χ4n) is 2.06. The van der Waals surface area contributed by atoms with Gasteiger partial charge in [0.1, 0.15) is 6.33 Å². The van der Waals surface area contributed by atoms with Gasteiger partial charge in [-0.2, -0.15) is 4.68 Å². The van der Waals surface area contributed by atoms with Gasteiger partial charge in [-0.15, -0.1) is 5.10 Å². The molecule has 126 valence electrons. The molecule has 0 saturated carbocycles. The van der Waals surface area contributed by atoms with Gasteiger partial charge >= 0.3 is 6.03 Å². The Morgan fingerprint density at radius 3 is 2.45 bits per heavy atom. The van der Waals surface area contributed by atoms with Gasteiger partial charge in [0, 0.05) is 13.1 Å². The Labute approximate surface area is 132 Å². The van der Waals surface area contributed by atoms with Crippen LogP contribution in [-0.4, -0.2) is 53.0 Å². The van der Waals surface area contributed by atoms with E-state index in [9.17, 15) is 13.2 Å². The molecule has 0 bridgehead atoms. The number of carbonyl (C=O) groups is 1. The highest BCUT2D eigenvalue weighted by Crippen LogP contribution is 2.07. The number of carbonyl (C=O) groups excluding carboxylic acids is 1. The quantitative estimate of drug-likeness (QED) is 0.649. The summed E-state index contributed by atoms with van der Waals surface area (Å²) in [5.74, 6) is -0.0824. The highest BCUT2D eigenvalue weighted by molar-refractivity contribution is 7.91. The molecule has 1 aromatic rings. The maximum absolute atomic E-state index is 12.4. The Bertz CT molecular complexity index is 568. The van der Waals surface area contributed by atoms with Crippen LogP contribution in [0, 0.1) is 0 Å². The number of amides is 1. The molecule has 0 aliphatic heterocycles. The van der Waals surface area contributed by atoms with Crippen LogP contribution in [-0.2, 0) is 9.84 Å². The molecule has 0 aliphatic carbocycles. The summed E-state index contributed by atoms with van der Waals surface area (Å²) in [6.07, 6.45) is 6.33. The molecule has 1 rings (SSSR count). The van der Waals surface area contributed by atoms with Crippen molar-refractivity contribution in [2.24, 2.45) is 0 Å². The smallest absolute Gasteiger partial charge is 0.323 e. The van der Waals surface area contributed by atoms with Gasteiger partial charge in [0.15, 0.2) is 0 Å². The van der Waals surface area contributed by atoms with E-state index in [1.165, 1.54) is 13.3 Å². The summed E-state index contributed by atoms with van der Waals surface area (Å²) in [4.78, 5) is 17.9. The largest absolute Gasteiger partial charge is 0.346 e. The molecule has 0 saturated heterocycles. The lowest BCUT2D eigenvalue weighted by molar-refractivity contribution is 0.194. The number of rotatable bonds is 9. The molecule has 1 aromatic heterocycles. The summed E-state index contributed by atoms with van der Waals surface area (Å²) >= 11 is 0. The third kappa shape index (κ3) is 5.08. The van der Waals surface area contributed by atoms with Crippen LogP contribution in [0.4, 0.5) is 4.79 Å². The van der Waals surface area contributed by atoms with Crippen molar-refractivity contribution in [3.8, 4) is 0 Å². The van der Waals surface area contributed by atoms with Crippen LogP contribution >= 0.6 is 0 Å². The maximum Gasteiger partial charge on any atom is 0.346 e. The zero-order valence-corrected chi connectivity index (χ0v) is 14.5. The lowest BCUT2D eigenvalue weighted by atomic mass is 10.2. The van der Waals surface area contributed by atoms with E-state index in [1.807, 2.05) is 6.92 Å². The van der Waals surface area contributed by atoms with E-state index in [4.69, 9.17) is 0 Å². The van der Waals surface area contributed by atoms with Crippen LogP contribution in [0.3, 0.4) is 0 Å². The minimum absolute atomic E-state index is 0.0824. The average molecular weight is 330 g/mol. The van der Waals surface area contributed by atoms with Gasteiger partial charge < -0.3 is 4.90 Å². The average Bonchev–Trinajstić information content (AvgIpc) is 3.00. The van der Waals surface area contributed by atoms with Gasteiger partial charge in [0.05, 0.1) is 5.75 Å². The summed E-state index contributed by atoms with van der Waals surface area (Å²) in [6.45, 7) is 6.94. The van der Waals surface area contributed by atoms with E-state index in [-0.39, 0.29) is 16.9 Å². The van der Waals surface area contributed by atoms with Crippen LogP contribution in [0.25, 0.3) is 0 Å². The predicted octanol–water partition coefficient (Wildman–Crippen LogP) is 2.33. The Morgan fingerprint density at radius 2 is 1.86 bits per heavy atom. The highest BCUT2D eigenvalue weighted by Gasteiger charge is 2.21. The van der Waals surface area contributed by atoms with E-state index >= 15 is 0 Å². The zero-order valence-electron chi connectivity index (χ0n) is 13.7. The molecule has 8 heteroatoms. The van der Waals surface area contributed by atoms with Crippen LogP contribution in [0.15, 0.2) is 11.5 Å². The Hall–Kier alpha value is -1.44. The van der Waals surface area contributed by atoms with Crippen molar-refractivity contribution in [3.05, 3.63) is 6.33 Å². The summed E-state index contributed by atoms with van der Waals surface area (Å²) in [5, 5.41) is 3.54. The number of hydrogen-bond acceptors (Lipinski definition) is 5. The topological polar surface area (TPSA) is 85.2 Å². The van der Waals surface area contributed by atoms with Crippen LogP contribution in [0.1, 0.15) is 52.9 Å².